The summed E-state index contributed by atoms with van der Waals surface area (Å²) in [4.78, 5) is 4.14. The molecule has 0 bridgehead atoms. The SMILES string of the molecule is CCC(NCc1ccc2cnccc2c1)C(C)C. The molecular formula is C16H22N2. The van der Waals surface area contributed by atoms with Gasteiger partial charge in [-0.1, -0.05) is 32.9 Å². The second-order valence-electron chi connectivity index (χ2n) is 5.20. The number of nitrogens with one attached hydrogen (secondary N) is 1. The van der Waals surface area contributed by atoms with E-state index in [4.69, 9.17) is 0 Å². The number of benzene rings is 1. The molecule has 1 atom stereocenters. The molecule has 2 nitrogen and oxygen atoms in total. The summed E-state index contributed by atoms with van der Waals surface area (Å²) in [6, 6.07) is 9.24. The molecule has 0 aliphatic carbocycles. The Balaban J connectivity index is 2.07. The summed E-state index contributed by atoms with van der Waals surface area (Å²) in [6.07, 6.45) is 4.94. The van der Waals surface area contributed by atoms with Crippen LogP contribution in [-0.2, 0) is 6.54 Å². The van der Waals surface area contributed by atoms with Crippen molar-refractivity contribution in [3.8, 4) is 0 Å². The molecule has 1 aromatic carbocycles. The van der Waals surface area contributed by atoms with E-state index in [1.807, 2.05) is 12.4 Å². The third-order valence-electron chi connectivity index (χ3n) is 3.52. The molecule has 2 aromatic rings. The van der Waals surface area contributed by atoms with Crippen LogP contribution in [0.1, 0.15) is 32.8 Å². The first-order valence-electron chi connectivity index (χ1n) is 6.76. The molecule has 2 heteroatoms. The summed E-state index contributed by atoms with van der Waals surface area (Å²) in [5.74, 6) is 0.680. The lowest BCUT2D eigenvalue weighted by Crippen LogP contribution is -2.32. The van der Waals surface area contributed by atoms with Crippen molar-refractivity contribution in [3.05, 3.63) is 42.2 Å². The van der Waals surface area contributed by atoms with Crippen molar-refractivity contribution >= 4 is 10.8 Å². The van der Waals surface area contributed by atoms with Gasteiger partial charge in [0.1, 0.15) is 0 Å². The predicted molar refractivity (Wildman–Crippen MR) is 77.5 cm³/mol. The minimum Gasteiger partial charge on any atom is -0.310 e. The number of rotatable bonds is 5. The zero-order valence-corrected chi connectivity index (χ0v) is 11.5. The first kappa shape index (κ1) is 13.0. The minimum atomic E-state index is 0.595. The molecular weight excluding hydrogens is 220 g/mol. The van der Waals surface area contributed by atoms with E-state index in [2.05, 4.69) is 55.3 Å². The fourth-order valence-electron chi connectivity index (χ4n) is 2.34. The summed E-state index contributed by atoms with van der Waals surface area (Å²) in [5, 5.41) is 6.11. The van der Waals surface area contributed by atoms with Crippen LogP contribution in [0.4, 0.5) is 0 Å². The molecule has 1 N–H and O–H groups in total. The van der Waals surface area contributed by atoms with E-state index in [1.54, 1.807) is 0 Å². The van der Waals surface area contributed by atoms with Gasteiger partial charge in [-0.3, -0.25) is 4.98 Å². The molecule has 0 radical (unpaired) electrons. The Morgan fingerprint density at radius 2 is 2.00 bits per heavy atom. The third-order valence-corrected chi connectivity index (χ3v) is 3.52. The number of pyridine rings is 1. The molecule has 0 saturated carbocycles. The van der Waals surface area contributed by atoms with E-state index >= 15 is 0 Å². The van der Waals surface area contributed by atoms with Crippen LogP contribution in [0.25, 0.3) is 10.8 Å². The summed E-state index contributed by atoms with van der Waals surface area (Å²) < 4.78 is 0. The van der Waals surface area contributed by atoms with Gasteiger partial charge in [0, 0.05) is 30.4 Å². The smallest absolute Gasteiger partial charge is 0.0346 e. The highest BCUT2D eigenvalue weighted by molar-refractivity contribution is 5.81. The van der Waals surface area contributed by atoms with Crippen LogP contribution in [-0.4, -0.2) is 11.0 Å². The van der Waals surface area contributed by atoms with Gasteiger partial charge >= 0.3 is 0 Å². The Morgan fingerprint density at radius 3 is 2.72 bits per heavy atom. The number of hydrogen-bond donors (Lipinski definition) is 1. The molecule has 0 spiro atoms. The second kappa shape index (κ2) is 5.96. The lowest BCUT2D eigenvalue weighted by atomic mass is 10.0. The van der Waals surface area contributed by atoms with E-state index in [9.17, 15) is 0 Å². The number of aromatic nitrogens is 1. The van der Waals surface area contributed by atoms with Crippen molar-refractivity contribution < 1.29 is 0 Å². The maximum atomic E-state index is 4.14. The van der Waals surface area contributed by atoms with Crippen molar-refractivity contribution in [2.24, 2.45) is 5.92 Å². The molecule has 2 rings (SSSR count). The van der Waals surface area contributed by atoms with Gasteiger partial charge in [-0.05, 0) is 35.4 Å². The molecule has 96 valence electrons. The summed E-state index contributed by atoms with van der Waals surface area (Å²) >= 11 is 0. The Kier molecular flexibility index (Phi) is 4.32. The van der Waals surface area contributed by atoms with Gasteiger partial charge in [-0.2, -0.15) is 0 Å². The molecule has 18 heavy (non-hydrogen) atoms. The van der Waals surface area contributed by atoms with Crippen molar-refractivity contribution in [3.63, 3.8) is 0 Å². The van der Waals surface area contributed by atoms with Gasteiger partial charge in [-0.15, -0.1) is 0 Å². The highest BCUT2D eigenvalue weighted by Gasteiger charge is 2.09. The molecule has 0 fully saturated rings. The predicted octanol–water partition coefficient (Wildman–Crippen LogP) is 3.76. The molecule has 1 unspecified atom stereocenters. The number of nitrogens with zero attached hydrogens (tertiary/aromatic N) is 1. The maximum Gasteiger partial charge on any atom is 0.0346 e. The van der Waals surface area contributed by atoms with E-state index in [0.29, 0.717) is 12.0 Å². The van der Waals surface area contributed by atoms with Crippen LogP contribution in [0.2, 0.25) is 0 Å². The highest BCUT2D eigenvalue weighted by Crippen LogP contribution is 2.15. The van der Waals surface area contributed by atoms with Crippen LogP contribution in [0, 0.1) is 5.92 Å². The molecule has 0 aliphatic heterocycles. The van der Waals surface area contributed by atoms with Crippen LogP contribution >= 0.6 is 0 Å². The van der Waals surface area contributed by atoms with E-state index < -0.39 is 0 Å². The monoisotopic (exact) mass is 242 g/mol. The normalized spacial score (nSPS) is 13.1. The quantitative estimate of drug-likeness (QED) is 0.863. The molecule has 1 aromatic heterocycles. The van der Waals surface area contributed by atoms with Gasteiger partial charge in [0.25, 0.3) is 0 Å². The van der Waals surface area contributed by atoms with Crippen LogP contribution in [0.5, 0.6) is 0 Å². The Morgan fingerprint density at radius 1 is 1.17 bits per heavy atom. The summed E-state index contributed by atoms with van der Waals surface area (Å²) in [7, 11) is 0. The van der Waals surface area contributed by atoms with E-state index in [1.165, 1.54) is 22.8 Å². The Bertz CT molecular complexity index is 505. The van der Waals surface area contributed by atoms with Gasteiger partial charge in [-0.25, -0.2) is 0 Å². The van der Waals surface area contributed by atoms with Crippen LogP contribution in [0.15, 0.2) is 36.7 Å². The third kappa shape index (κ3) is 3.08. The lowest BCUT2D eigenvalue weighted by Gasteiger charge is -2.20. The molecule has 1 heterocycles. The fourth-order valence-corrected chi connectivity index (χ4v) is 2.34. The van der Waals surface area contributed by atoms with Crippen molar-refractivity contribution in [1.29, 1.82) is 0 Å². The fraction of sp³-hybridized carbons (Fsp3) is 0.438. The van der Waals surface area contributed by atoms with Crippen LogP contribution in [0.3, 0.4) is 0 Å². The lowest BCUT2D eigenvalue weighted by molar-refractivity contribution is 0.387. The first-order valence-corrected chi connectivity index (χ1v) is 6.76. The zero-order valence-electron chi connectivity index (χ0n) is 11.5. The average Bonchev–Trinajstić information content (AvgIpc) is 2.39. The topological polar surface area (TPSA) is 24.9 Å². The van der Waals surface area contributed by atoms with Crippen molar-refractivity contribution in [2.75, 3.05) is 0 Å². The van der Waals surface area contributed by atoms with Gasteiger partial charge in [0.2, 0.25) is 0 Å². The first-order chi connectivity index (χ1) is 8.70. The molecule has 0 amide bonds. The Hall–Kier alpha value is -1.41. The summed E-state index contributed by atoms with van der Waals surface area (Å²) in [5.41, 5.74) is 1.34. The number of fused-ring (bicyclic) bond motifs is 1. The van der Waals surface area contributed by atoms with Gasteiger partial charge in [0.15, 0.2) is 0 Å². The van der Waals surface area contributed by atoms with Crippen LogP contribution < -0.4 is 5.32 Å². The van der Waals surface area contributed by atoms with Gasteiger partial charge < -0.3 is 5.32 Å². The van der Waals surface area contributed by atoms with Gasteiger partial charge in [0.05, 0.1) is 0 Å². The van der Waals surface area contributed by atoms with Crippen molar-refractivity contribution in [2.45, 2.75) is 39.8 Å². The standard InChI is InChI=1S/C16H22N2/c1-4-16(12(2)3)18-10-13-5-6-15-11-17-8-7-14(15)9-13/h5-9,11-12,16,18H,4,10H2,1-3H3. The van der Waals surface area contributed by atoms with E-state index in [-0.39, 0.29) is 0 Å². The minimum absolute atomic E-state index is 0.595. The van der Waals surface area contributed by atoms with Crippen molar-refractivity contribution in [1.82, 2.24) is 10.3 Å². The number of hydrogen-bond acceptors (Lipinski definition) is 2. The average molecular weight is 242 g/mol. The Labute approximate surface area is 109 Å². The molecule has 0 aliphatic rings. The highest BCUT2D eigenvalue weighted by atomic mass is 14.9. The largest absolute Gasteiger partial charge is 0.310 e. The molecule has 0 saturated heterocycles. The van der Waals surface area contributed by atoms with E-state index in [0.717, 1.165) is 6.54 Å². The zero-order chi connectivity index (χ0) is 13.0. The second-order valence-corrected chi connectivity index (χ2v) is 5.20. The maximum absolute atomic E-state index is 4.14. The summed E-state index contributed by atoms with van der Waals surface area (Å²) in [6.45, 7) is 7.72.